The van der Waals surface area contributed by atoms with Crippen LogP contribution in [-0.4, -0.2) is 48.8 Å². The van der Waals surface area contributed by atoms with Gasteiger partial charge in [-0.25, -0.2) is 0 Å². The first-order chi connectivity index (χ1) is 9.56. The third-order valence-electron chi connectivity index (χ3n) is 2.86. The van der Waals surface area contributed by atoms with Crippen molar-refractivity contribution in [2.75, 3.05) is 26.2 Å². The van der Waals surface area contributed by atoms with Gasteiger partial charge in [0.15, 0.2) is 10.4 Å². The lowest BCUT2D eigenvalue weighted by Crippen LogP contribution is -2.41. The van der Waals surface area contributed by atoms with E-state index in [4.69, 9.17) is 4.42 Å². The van der Waals surface area contributed by atoms with Gasteiger partial charge in [0.25, 0.3) is 5.91 Å². The first-order valence-electron chi connectivity index (χ1n) is 6.14. The molecule has 0 bridgehead atoms. The van der Waals surface area contributed by atoms with E-state index < -0.39 is 5.91 Å². The van der Waals surface area contributed by atoms with Gasteiger partial charge in [0, 0.05) is 26.1 Å². The molecule has 1 fully saturated rings. The van der Waals surface area contributed by atoms with E-state index in [2.05, 4.69) is 26.6 Å². The molecular formula is C12H14BrN3O4. The molecule has 1 aliphatic heterocycles. The van der Waals surface area contributed by atoms with E-state index in [1.807, 2.05) is 0 Å². The molecule has 8 heteroatoms. The van der Waals surface area contributed by atoms with Crippen molar-refractivity contribution >= 4 is 33.7 Å². The van der Waals surface area contributed by atoms with Crippen molar-refractivity contribution in [3.63, 3.8) is 0 Å². The number of nitrogens with zero attached hydrogens (tertiary/aromatic N) is 1. The zero-order chi connectivity index (χ0) is 14.5. The summed E-state index contributed by atoms with van der Waals surface area (Å²) < 4.78 is 5.53. The summed E-state index contributed by atoms with van der Waals surface area (Å²) >= 11 is 3.10. The number of rotatable bonds is 3. The number of hydrogen-bond acceptors (Lipinski definition) is 4. The summed E-state index contributed by atoms with van der Waals surface area (Å²) in [6.07, 6.45) is 0.283. The minimum absolute atomic E-state index is 0.0650. The van der Waals surface area contributed by atoms with Crippen molar-refractivity contribution in [1.29, 1.82) is 0 Å². The molecule has 2 rings (SSSR count). The molecule has 0 spiro atoms. The number of nitrogens with one attached hydrogen (secondary N) is 2. The number of carbonyl (C=O) groups excluding carboxylic acids is 3. The smallest absolute Gasteiger partial charge is 0.287 e. The van der Waals surface area contributed by atoms with Gasteiger partial charge in [0.1, 0.15) is 0 Å². The van der Waals surface area contributed by atoms with Crippen LogP contribution in [0.3, 0.4) is 0 Å². The van der Waals surface area contributed by atoms with Crippen LogP contribution in [0.4, 0.5) is 0 Å². The largest absolute Gasteiger partial charge is 0.444 e. The summed E-state index contributed by atoms with van der Waals surface area (Å²) in [7, 11) is 0. The average molecular weight is 344 g/mol. The highest BCUT2D eigenvalue weighted by atomic mass is 79.9. The van der Waals surface area contributed by atoms with Gasteiger partial charge in [0.2, 0.25) is 11.8 Å². The maximum atomic E-state index is 11.9. The van der Waals surface area contributed by atoms with E-state index in [0.29, 0.717) is 24.3 Å². The molecule has 0 atom stereocenters. The van der Waals surface area contributed by atoms with Gasteiger partial charge >= 0.3 is 0 Å². The van der Waals surface area contributed by atoms with Crippen LogP contribution in [-0.2, 0) is 9.59 Å². The molecule has 20 heavy (non-hydrogen) atoms. The van der Waals surface area contributed by atoms with Crippen LogP contribution in [0, 0.1) is 0 Å². The van der Waals surface area contributed by atoms with Gasteiger partial charge in [0.05, 0.1) is 6.54 Å². The molecule has 108 valence electrons. The van der Waals surface area contributed by atoms with Crippen LogP contribution in [0.2, 0.25) is 0 Å². The van der Waals surface area contributed by atoms with Gasteiger partial charge < -0.3 is 20.0 Å². The Kier molecular flexibility index (Phi) is 4.78. The zero-order valence-electron chi connectivity index (χ0n) is 10.6. The first kappa shape index (κ1) is 14.6. The Labute approximate surface area is 123 Å². The fraction of sp³-hybridized carbons (Fsp3) is 0.417. The molecule has 0 saturated carbocycles. The Balaban J connectivity index is 1.82. The van der Waals surface area contributed by atoms with Gasteiger partial charge in [-0.15, -0.1) is 0 Å². The molecule has 2 heterocycles. The Morgan fingerprint density at radius 2 is 2.20 bits per heavy atom. The monoisotopic (exact) mass is 343 g/mol. The molecule has 0 aromatic carbocycles. The number of hydrogen-bond donors (Lipinski definition) is 2. The quantitative estimate of drug-likeness (QED) is 0.815. The summed E-state index contributed by atoms with van der Waals surface area (Å²) in [5.74, 6) is -0.601. The van der Waals surface area contributed by atoms with Gasteiger partial charge in [-0.05, 0) is 28.1 Å². The van der Waals surface area contributed by atoms with E-state index in [1.165, 1.54) is 6.07 Å². The molecule has 3 amide bonds. The Hall–Kier alpha value is -1.83. The lowest BCUT2D eigenvalue weighted by molar-refractivity contribution is -0.130. The first-order valence-corrected chi connectivity index (χ1v) is 6.93. The molecule has 0 unspecified atom stereocenters. The highest BCUT2D eigenvalue weighted by Crippen LogP contribution is 2.13. The lowest BCUT2D eigenvalue weighted by atomic mass is 10.3. The fourth-order valence-electron chi connectivity index (χ4n) is 1.81. The van der Waals surface area contributed by atoms with Crippen LogP contribution < -0.4 is 10.6 Å². The minimum atomic E-state index is -0.451. The van der Waals surface area contributed by atoms with Crippen LogP contribution in [0.5, 0.6) is 0 Å². The topological polar surface area (TPSA) is 91.7 Å². The highest BCUT2D eigenvalue weighted by molar-refractivity contribution is 9.10. The highest BCUT2D eigenvalue weighted by Gasteiger charge is 2.19. The van der Waals surface area contributed by atoms with Gasteiger partial charge in [-0.2, -0.15) is 0 Å². The third-order valence-corrected chi connectivity index (χ3v) is 3.29. The van der Waals surface area contributed by atoms with Crippen LogP contribution in [0.1, 0.15) is 17.0 Å². The Morgan fingerprint density at radius 1 is 1.40 bits per heavy atom. The molecule has 1 aliphatic rings. The van der Waals surface area contributed by atoms with Crippen molar-refractivity contribution in [2.24, 2.45) is 0 Å². The molecule has 7 nitrogen and oxygen atoms in total. The second-order valence-corrected chi connectivity index (χ2v) is 5.05. The second-order valence-electron chi connectivity index (χ2n) is 4.27. The van der Waals surface area contributed by atoms with E-state index in [0.717, 1.165) is 0 Å². The van der Waals surface area contributed by atoms with Gasteiger partial charge in [-0.1, -0.05) is 0 Å². The van der Waals surface area contributed by atoms with Crippen molar-refractivity contribution in [3.05, 3.63) is 22.6 Å². The number of amides is 3. The molecular weight excluding hydrogens is 330 g/mol. The summed E-state index contributed by atoms with van der Waals surface area (Å²) in [6, 6.07) is 3.11. The number of furan rings is 1. The van der Waals surface area contributed by atoms with Crippen molar-refractivity contribution in [3.8, 4) is 0 Å². The van der Waals surface area contributed by atoms with E-state index in [1.54, 1.807) is 11.0 Å². The minimum Gasteiger partial charge on any atom is -0.444 e. The summed E-state index contributed by atoms with van der Waals surface area (Å²) in [5, 5.41) is 5.17. The fourth-order valence-corrected chi connectivity index (χ4v) is 2.11. The van der Waals surface area contributed by atoms with Crippen molar-refractivity contribution < 1.29 is 18.8 Å². The molecule has 0 radical (unpaired) electrons. The average Bonchev–Trinajstić information content (AvgIpc) is 2.74. The van der Waals surface area contributed by atoms with Crippen molar-refractivity contribution in [1.82, 2.24) is 15.5 Å². The SMILES string of the molecule is O=C1CCN(C(=O)CNC(=O)c2ccc(Br)o2)CCN1. The zero-order valence-corrected chi connectivity index (χ0v) is 12.2. The summed E-state index contributed by atoms with van der Waals surface area (Å²) in [4.78, 5) is 36.4. The predicted octanol–water partition coefficient (Wildman–Crippen LogP) is 0.120. The van der Waals surface area contributed by atoms with Gasteiger partial charge in [-0.3, -0.25) is 14.4 Å². The molecule has 0 aliphatic carbocycles. The summed E-state index contributed by atoms with van der Waals surface area (Å²) in [5.41, 5.74) is 0. The van der Waals surface area contributed by atoms with Crippen LogP contribution in [0.25, 0.3) is 0 Å². The Morgan fingerprint density at radius 3 is 2.90 bits per heavy atom. The van der Waals surface area contributed by atoms with E-state index in [9.17, 15) is 14.4 Å². The molecule has 1 aromatic heterocycles. The molecule has 1 saturated heterocycles. The Bertz CT molecular complexity index is 529. The summed E-state index contributed by atoms with van der Waals surface area (Å²) in [6.45, 7) is 1.13. The second kappa shape index (κ2) is 6.56. The molecule has 1 aromatic rings. The number of halogens is 1. The maximum absolute atomic E-state index is 11.9. The number of carbonyl (C=O) groups is 3. The van der Waals surface area contributed by atoms with E-state index >= 15 is 0 Å². The molecule has 2 N–H and O–H groups in total. The van der Waals surface area contributed by atoms with Crippen LogP contribution >= 0.6 is 15.9 Å². The predicted molar refractivity (Wildman–Crippen MR) is 72.9 cm³/mol. The normalized spacial score (nSPS) is 15.4. The van der Waals surface area contributed by atoms with Crippen molar-refractivity contribution in [2.45, 2.75) is 6.42 Å². The van der Waals surface area contributed by atoms with E-state index in [-0.39, 0.29) is 30.5 Å². The standard InChI is InChI=1S/C12H14BrN3O4/c13-9-2-1-8(20-9)12(19)15-7-11(18)16-5-3-10(17)14-4-6-16/h1-2H,3-7H2,(H,14,17)(H,15,19). The maximum Gasteiger partial charge on any atom is 0.287 e. The van der Waals surface area contributed by atoms with Crippen LogP contribution in [0.15, 0.2) is 21.2 Å². The lowest BCUT2D eigenvalue weighted by Gasteiger charge is -2.19. The third kappa shape index (κ3) is 3.83.